The number of carbonyl (C=O) groups is 1. The van der Waals surface area contributed by atoms with Gasteiger partial charge in [-0.05, 0) is 50.5 Å². The minimum Gasteiger partial charge on any atom is -0.326 e. The van der Waals surface area contributed by atoms with Crippen molar-refractivity contribution >= 4 is 17.5 Å². The zero-order valence-electron chi connectivity index (χ0n) is 16.2. The van der Waals surface area contributed by atoms with E-state index in [1.807, 2.05) is 30.0 Å². The molecule has 0 unspecified atom stereocenters. The van der Waals surface area contributed by atoms with Gasteiger partial charge in [-0.1, -0.05) is 6.07 Å². The lowest BCUT2D eigenvalue weighted by Crippen LogP contribution is -2.43. The van der Waals surface area contributed by atoms with E-state index in [9.17, 15) is 9.18 Å². The Morgan fingerprint density at radius 2 is 1.86 bits per heavy atom. The lowest BCUT2D eigenvalue weighted by molar-refractivity contribution is -0.117. The van der Waals surface area contributed by atoms with E-state index in [0.717, 1.165) is 36.4 Å². The van der Waals surface area contributed by atoms with Crippen molar-refractivity contribution in [1.82, 2.24) is 19.9 Å². The van der Waals surface area contributed by atoms with Gasteiger partial charge in [0.2, 0.25) is 11.9 Å². The molecule has 0 radical (unpaired) electrons. The molecule has 1 amide bonds. The Labute approximate surface area is 168 Å². The average Bonchev–Trinajstić information content (AvgIpc) is 3.12. The molecule has 1 aliphatic rings. The third-order valence-electron chi connectivity index (χ3n) is 5.12. The number of aromatic nitrogens is 4. The molecule has 8 heteroatoms. The van der Waals surface area contributed by atoms with Crippen LogP contribution >= 0.6 is 0 Å². The summed E-state index contributed by atoms with van der Waals surface area (Å²) < 4.78 is 13.1. The Morgan fingerprint density at radius 1 is 1.14 bits per heavy atom. The van der Waals surface area contributed by atoms with Crippen LogP contribution in [0.4, 0.5) is 16.0 Å². The van der Waals surface area contributed by atoms with Crippen LogP contribution in [0.25, 0.3) is 11.4 Å². The predicted molar refractivity (Wildman–Crippen MR) is 108 cm³/mol. The minimum absolute atomic E-state index is 0.114. The third kappa shape index (κ3) is 3.91. The van der Waals surface area contributed by atoms with Gasteiger partial charge in [0.25, 0.3) is 0 Å². The van der Waals surface area contributed by atoms with Gasteiger partial charge in [0, 0.05) is 29.7 Å². The van der Waals surface area contributed by atoms with E-state index in [2.05, 4.69) is 32.2 Å². The number of nitrogens with zero attached hydrogens (tertiary/aromatic N) is 5. The smallest absolute Gasteiger partial charge is 0.247 e. The highest BCUT2D eigenvalue weighted by molar-refractivity contribution is 5.97. The van der Waals surface area contributed by atoms with Crippen LogP contribution in [0.1, 0.15) is 25.3 Å². The molecular formula is C21H21FN6O. The van der Waals surface area contributed by atoms with Gasteiger partial charge in [0.05, 0.1) is 12.4 Å². The number of benzene rings is 1. The van der Waals surface area contributed by atoms with E-state index >= 15 is 0 Å². The number of amides is 1. The molecule has 1 N–H and O–H groups in total. The third-order valence-corrected chi connectivity index (χ3v) is 5.12. The first-order chi connectivity index (χ1) is 14.0. The summed E-state index contributed by atoms with van der Waals surface area (Å²) in [6.07, 6.45) is 7.23. The molecule has 1 aromatic carbocycles. The fourth-order valence-electron chi connectivity index (χ4n) is 3.62. The van der Waals surface area contributed by atoms with Crippen LogP contribution in [0.15, 0.2) is 49.1 Å². The molecule has 0 spiro atoms. The molecule has 3 aromatic rings. The first kappa shape index (κ1) is 18.9. The van der Waals surface area contributed by atoms with Gasteiger partial charge in [-0.15, -0.1) is 0 Å². The number of nitrogens with one attached hydrogen (secondary N) is 1. The second-order valence-corrected chi connectivity index (χ2v) is 7.14. The van der Waals surface area contributed by atoms with E-state index in [1.165, 1.54) is 0 Å². The summed E-state index contributed by atoms with van der Waals surface area (Å²) >= 11 is 0. The van der Waals surface area contributed by atoms with Crippen LogP contribution in [0.5, 0.6) is 0 Å². The zero-order valence-corrected chi connectivity index (χ0v) is 16.2. The fourth-order valence-corrected chi connectivity index (χ4v) is 3.62. The maximum absolute atomic E-state index is 13.1. The maximum Gasteiger partial charge on any atom is 0.247 e. The molecule has 0 aliphatic carbocycles. The number of carbonyl (C=O) groups excluding carboxylic acids is 1. The summed E-state index contributed by atoms with van der Waals surface area (Å²) in [5.41, 5.74) is 2.31. The van der Waals surface area contributed by atoms with E-state index in [1.54, 1.807) is 18.5 Å². The van der Waals surface area contributed by atoms with Crippen molar-refractivity contribution in [3.05, 3.63) is 60.4 Å². The Kier molecular flexibility index (Phi) is 5.16. The molecule has 2 atom stereocenters. The lowest BCUT2D eigenvalue weighted by atomic mass is 10.1. The maximum atomic E-state index is 13.1. The highest BCUT2D eigenvalue weighted by Gasteiger charge is 2.37. The summed E-state index contributed by atoms with van der Waals surface area (Å²) in [5, 5.41) is 2.99. The van der Waals surface area contributed by atoms with Gasteiger partial charge in [0.15, 0.2) is 11.6 Å². The first-order valence-corrected chi connectivity index (χ1v) is 9.47. The van der Waals surface area contributed by atoms with Crippen molar-refractivity contribution in [3.8, 4) is 11.4 Å². The summed E-state index contributed by atoms with van der Waals surface area (Å²) in [6.45, 7) is 3.99. The molecule has 1 fully saturated rings. The molecule has 148 valence electrons. The summed E-state index contributed by atoms with van der Waals surface area (Å²) in [6, 6.07) is 7.11. The molecule has 0 saturated carbocycles. The van der Waals surface area contributed by atoms with Crippen LogP contribution < -0.4 is 10.2 Å². The molecule has 29 heavy (non-hydrogen) atoms. The molecule has 3 heterocycles. The van der Waals surface area contributed by atoms with E-state index in [-0.39, 0.29) is 18.0 Å². The highest BCUT2D eigenvalue weighted by Crippen LogP contribution is 2.29. The van der Waals surface area contributed by atoms with Crippen LogP contribution in [0.3, 0.4) is 0 Å². The average molecular weight is 392 g/mol. The van der Waals surface area contributed by atoms with Crippen molar-refractivity contribution in [1.29, 1.82) is 0 Å². The van der Waals surface area contributed by atoms with Crippen LogP contribution in [-0.4, -0.2) is 37.9 Å². The number of aryl methyl sites for hydroxylation is 1. The van der Waals surface area contributed by atoms with E-state index in [0.29, 0.717) is 17.5 Å². The SMILES string of the molecule is Cc1ccc(NC(=O)[C@@H]2CC[C@@H](C)N2c2ncccn2)cc1-c1ncc(F)cn1. The number of halogens is 1. The molecule has 4 rings (SSSR count). The Hall–Kier alpha value is -3.42. The van der Waals surface area contributed by atoms with Gasteiger partial charge in [-0.25, -0.2) is 24.3 Å². The van der Waals surface area contributed by atoms with Gasteiger partial charge >= 0.3 is 0 Å². The fraction of sp³-hybridized carbons (Fsp3) is 0.286. The molecule has 1 saturated heterocycles. The van der Waals surface area contributed by atoms with Crippen LogP contribution in [0.2, 0.25) is 0 Å². The van der Waals surface area contributed by atoms with Gasteiger partial charge in [0.1, 0.15) is 6.04 Å². The number of anilines is 2. The molecule has 2 aromatic heterocycles. The minimum atomic E-state index is -0.491. The van der Waals surface area contributed by atoms with Crippen LogP contribution in [0, 0.1) is 12.7 Å². The van der Waals surface area contributed by atoms with E-state index < -0.39 is 5.82 Å². The highest BCUT2D eigenvalue weighted by atomic mass is 19.1. The topological polar surface area (TPSA) is 83.9 Å². The van der Waals surface area contributed by atoms with Gasteiger partial charge < -0.3 is 10.2 Å². The number of rotatable bonds is 4. The van der Waals surface area contributed by atoms with Gasteiger partial charge in [-0.2, -0.15) is 0 Å². The Bertz CT molecular complexity index is 1010. The first-order valence-electron chi connectivity index (χ1n) is 9.47. The summed E-state index contributed by atoms with van der Waals surface area (Å²) in [4.78, 5) is 31.7. The Balaban J connectivity index is 1.57. The quantitative estimate of drug-likeness (QED) is 0.733. The molecule has 0 bridgehead atoms. The monoisotopic (exact) mass is 392 g/mol. The van der Waals surface area contributed by atoms with Crippen molar-refractivity contribution in [3.63, 3.8) is 0 Å². The zero-order chi connectivity index (χ0) is 20.4. The summed E-state index contributed by atoms with van der Waals surface area (Å²) in [5.74, 6) is 0.363. The summed E-state index contributed by atoms with van der Waals surface area (Å²) in [7, 11) is 0. The van der Waals surface area contributed by atoms with Gasteiger partial charge in [-0.3, -0.25) is 4.79 Å². The van der Waals surface area contributed by atoms with Crippen molar-refractivity contribution in [2.24, 2.45) is 0 Å². The normalized spacial score (nSPS) is 18.7. The number of hydrogen-bond donors (Lipinski definition) is 1. The second kappa shape index (κ2) is 7.90. The Morgan fingerprint density at radius 3 is 2.59 bits per heavy atom. The van der Waals surface area contributed by atoms with Crippen molar-refractivity contribution in [2.75, 3.05) is 10.2 Å². The molecule has 7 nitrogen and oxygen atoms in total. The van der Waals surface area contributed by atoms with E-state index in [4.69, 9.17) is 0 Å². The van der Waals surface area contributed by atoms with Crippen LogP contribution in [-0.2, 0) is 4.79 Å². The molecular weight excluding hydrogens is 371 g/mol. The largest absolute Gasteiger partial charge is 0.326 e. The standard InChI is InChI=1S/C21H21FN6O/c1-13-4-6-16(10-17(13)19-25-11-15(22)12-26-19)27-20(29)18-7-5-14(2)28(18)21-23-8-3-9-24-21/h3-4,6,8-12,14,18H,5,7H2,1-2H3,(H,27,29)/t14-,18+/m1/s1. The van der Waals surface area contributed by atoms with Crippen molar-refractivity contribution < 1.29 is 9.18 Å². The number of hydrogen-bond acceptors (Lipinski definition) is 6. The second-order valence-electron chi connectivity index (χ2n) is 7.14. The predicted octanol–water partition coefficient (Wildman–Crippen LogP) is 3.38. The van der Waals surface area contributed by atoms with Crippen molar-refractivity contribution in [2.45, 2.75) is 38.8 Å². The lowest BCUT2D eigenvalue weighted by Gasteiger charge is -2.27. The molecule has 1 aliphatic heterocycles.